The molecule has 0 aliphatic heterocycles. The largest absolute Gasteiger partial charge is 0.495 e. The Morgan fingerprint density at radius 1 is 1.09 bits per heavy atom. The number of imidazole rings is 1. The number of fused-ring (bicyclic) bond motifs is 1. The van der Waals surface area contributed by atoms with Crippen LogP contribution in [0.15, 0.2) is 53.0 Å². The van der Waals surface area contributed by atoms with Crippen LogP contribution in [0.2, 0.25) is 0 Å². The van der Waals surface area contributed by atoms with E-state index in [-0.39, 0.29) is 6.04 Å². The van der Waals surface area contributed by atoms with Crippen molar-refractivity contribution in [3.05, 3.63) is 64.1 Å². The quantitative estimate of drug-likeness (QED) is 0.280. The van der Waals surface area contributed by atoms with E-state index < -0.39 is 0 Å². The van der Waals surface area contributed by atoms with E-state index in [2.05, 4.69) is 56.7 Å². The van der Waals surface area contributed by atoms with Crippen molar-refractivity contribution in [2.45, 2.75) is 26.8 Å². The van der Waals surface area contributed by atoms with E-state index in [0.29, 0.717) is 17.3 Å². The molecule has 7 nitrogen and oxygen atoms in total. The van der Waals surface area contributed by atoms with Crippen LogP contribution in [-0.2, 0) is 7.05 Å². The van der Waals surface area contributed by atoms with Crippen molar-refractivity contribution >= 4 is 50.0 Å². The summed E-state index contributed by atoms with van der Waals surface area (Å²) in [6.45, 7) is 6.30. The maximum atomic E-state index is 9.41. The third-order valence-electron chi connectivity index (χ3n) is 5.95. The van der Waals surface area contributed by atoms with Gasteiger partial charge in [-0.05, 0) is 62.7 Å². The summed E-state index contributed by atoms with van der Waals surface area (Å²) in [4.78, 5) is 7.12. The summed E-state index contributed by atoms with van der Waals surface area (Å²) in [5.41, 5.74) is 6.21. The highest BCUT2D eigenvalue weighted by Crippen LogP contribution is 2.39. The summed E-state index contributed by atoms with van der Waals surface area (Å²) in [6, 6.07) is 18.0. The zero-order valence-corrected chi connectivity index (χ0v) is 22.3. The molecule has 0 spiro atoms. The number of methoxy groups -OCH3 is 2. The SMILES string of the molecule is COc1cc(N(c2cccc3nc(Nc4c(C)cc(Br)cc4OC)n(C)c23)C(C)C)ccc1C#N. The number of nitrogens with zero attached hydrogens (tertiary/aromatic N) is 4. The first-order chi connectivity index (χ1) is 16.8. The molecule has 1 aromatic heterocycles. The molecule has 180 valence electrons. The van der Waals surface area contributed by atoms with Crippen molar-refractivity contribution in [1.29, 1.82) is 5.26 Å². The van der Waals surface area contributed by atoms with Crippen molar-refractivity contribution in [2.75, 3.05) is 24.4 Å². The smallest absolute Gasteiger partial charge is 0.208 e. The van der Waals surface area contributed by atoms with Gasteiger partial charge in [-0.25, -0.2) is 4.98 Å². The molecule has 4 rings (SSSR count). The lowest BCUT2D eigenvalue weighted by atomic mass is 10.1. The molecule has 0 aliphatic rings. The fourth-order valence-corrected chi connectivity index (χ4v) is 4.89. The van der Waals surface area contributed by atoms with E-state index in [1.807, 2.05) is 50.4 Å². The van der Waals surface area contributed by atoms with Crippen LogP contribution in [-0.4, -0.2) is 29.8 Å². The van der Waals surface area contributed by atoms with Crippen LogP contribution < -0.4 is 19.7 Å². The van der Waals surface area contributed by atoms with Gasteiger partial charge in [-0.1, -0.05) is 22.0 Å². The zero-order chi connectivity index (χ0) is 25.3. The molecule has 0 aliphatic carbocycles. The van der Waals surface area contributed by atoms with Gasteiger partial charge in [-0.3, -0.25) is 0 Å². The lowest BCUT2D eigenvalue weighted by Gasteiger charge is -2.30. The molecule has 0 amide bonds. The normalized spacial score (nSPS) is 10.9. The monoisotopic (exact) mass is 533 g/mol. The molecular weight excluding hydrogens is 506 g/mol. The number of para-hydroxylation sites is 1. The molecular formula is C27H28BrN5O2. The molecule has 0 radical (unpaired) electrons. The minimum atomic E-state index is 0.137. The minimum Gasteiger partial charge on any atom is -0.495 e. The molecule has 3 aromatic carbocycles. The topological polar surface area (TPSA) is 75.3 Å². The first kappa shape index (κ1) is 24.4. The standard InChI is InChI=1S/C27H28BrN5O2/c1-16(2)33(20-11-10-18(15-29)23(14-20)34-5)22-9-7-8-21-26(22)32(4)27(30-21)31-25-17(3)12-19(28)13-24(25)35-6/h7-14,16H,1-6H3,(H,30,31). The molecule has 4 aromatic rings. The number of anilines is 4. The van der Waals surface area contributed by atoms with Gasteiger partial charge in [0.2, 0.25) is 5.95 Å². The fraction of sp³-hybridized carbons (Fsp3) is 0.259. The minimum absolute atomic E-state index is 0.137. The molecule has 35 heavy (non-hydrogen) atoms. The van der Waals surface area contributed by atoms with Crippen LogP contribution in [0.25, 0.3) is 11.0 Å². The second kappa shape index (κ2) is 9.88. The maximum absolute atomic E-state index is 9.41. The average Bonchev–Trinajstić information content (AvgIpc) is 3.16. The van der Waals surface area contributed by atoms with Crippen LogP contribution in [0.5, 0.6) is 11.5 Å². The summed E-state index contributed by atoms with van der Waals surface area (Å²) in [7, 11) is 5.24. The molecule has 0 atom stereocenters. The van der Waals surface area contributed by atoms with Gasteiger partial charge in [0, 0.05) is 29.3 Å². The van der Waals surface area contributed by atoms with Gasteiger partial charge in [-0.2, -0.15) is 5.26 Å². The van der Waals surface area contributed by atoms with Crippen LogP contribution in [0.1, 0.15) is 25.0 Å². The predicted molar refractivity (Wildman–Crippen MR) is 144 cm³/mol. The van der Waals surface area contributed by atoms with Gasteiger partial charge >= 0.3 is 0 Å². The van der Waals surface area contributed by atoms with Gasteiger partial charge < -0.3 is 24.3 Å². The number of hydrogen-bond donors (Lipinski definition) is 1. The number of aryl methyl sites for hydroxylation is 2. The second-order valence-corrected chi connectivity index (χ2v) is 9.44. The lowest BCUT2D eigenvalue weighted by Crippen LogP contribution is -2.26. The number of halogens is 1. The van der Waals surface area contributed by atoms with Crippen LogP contribution >= 0.6 is 15.9 Å². The maximum Gasteiger partial charge on any atom is 0.208 e. The van der Waals surface area contributed by atoms with Gasteiger partial charge in [0.15, 0.2) is 0 Å². The van der Waals surface area contributed by atoms with Crippen molar-refractivity contribution < 1.29 is 9.47 Å². The number of nitrogens with one attached hydrogen (secondary N) is 1. The first-order valence-electron chi connectivity index (χ1n) is 11.2. The number of hydrogen-bond acceptors (Lipinski definition) is 6. The van der Waals surface area contributed by atoms with Gasteiger partial charge in [0.1, 0.15) is 17.6 Å². The van der Waals surface area contributed by atoms with Gasteiger partial charge in [0.25, 0.3) is 0 Å². The Balaban J connectivity index is 1.85. The predicted octanol–water partition coefficient (Wildman–Crippen LogP) is 6.82. The number of nitriles is 1. The van der Waals surface area contributed by atoms with Crippen molar-refractivity contribution in [2.24, 2.45) is 7.05 Å². The highest BCUT2D eigenvalue weighted by Gasteiger charge is 2.22. The molecule has 0 bridgehead atoms. The van der Waals surface area contributed by atoms with Crippen LogP contribution in [0, 0.1) is 18.3 Å². The summed E-state index contributed by atoms with van der Waals surface area (Å²) >= 11 is 3.54. The molecule has 1 heterocycles. The van der Waals surface area contributed by atoms with Crippen molar-refractivity contribution in [3.63, 3.8) is 0 Å². The summed E-state index contributed by atoms with van der Waals surface area (Å²) in [5, 5.41) is 12.9. The van der Waals surface area contributed by atoms with Crippen LogP contribution in [0.3, 0.4) is 0 Å². The molecule has 8 heteroatoms. The van der Waals surface area contributed by atoms with Crippen molar-refractivity contribution in [3.8, 4) is 17.6 Å². The summed E-state index contributed by atoms with van der Waals surface area (Å²) in [5.74, 6) is 1.99. The summed E-state index contributed by atoms with van der Waals surface area (Å²) in [6.07, 6.45) is 0. The van der Waals surface area contributed by atoms with E-state index >= 15 is 0 Å². The Kier molecular flexibility index (Phi) is 6.90. The third-order valence-corrected chi connectivity index (χ3v) is 6.41. The van der Waals surface area contributed by atoms with E-state index in [1.54, 1.807) is 20.3 Å². The van der Waals surface area contributed by atoms with E-state index in [0.717, 1.165) is 43.9 Å². The van der Waals surface area contributed by atoms with Crippen molar-refractivity contribution in [1.82, 2.24) is 9.55 Å². The molecule has 0 saturated carbocycles. The highest BCUT2D eigenvalue weighted by atomic mass is 79.9. The van der Waals surface area contributed by atoms with E-state index in [9.17, 15) is 5.26 Å². The van der Waals surface area contributed by atoms with E-state index in [4.69, 9.17) is 14.5 Å². The lowest BCUT2D eigenvalue weighted by molar-refractivity contribution is 0.413. The molecule has 0 fully saturated rings. The highest BCUT2D eigenvalue weighted by molar-refractivity contribution is 9.10. The second-order valence-electron chi connectivity index (χ2n) is 8.52. The Morgan fingerprint density at radius 3 is 2.49 bits per heavy atom. The zero-order valence-electron chi connectivity index (χ0n) is 20.7. The number of benzene rings is 3. The Hall–Kier alpha value is -3.70. The number of ether oxygens (including phenoxy) is 2. The number of aromatic nitrogens is 2. The Bertz CT molecular complexity index is 1440. The Morgan fingerprint density at radius 2 is 1.83 bits per heavy atom. The molecule has 0 unspecified atom stereocenters. The van der Waals surface area contributed by atoms with Crippen LogP contribution in [0.4, 0.5) is 23.0 Å². The van der Waals surface area contributed by atoms with Gasteiger partial charge in [-0.15, -0.1) is 0 Å². The fourth-order valence-electron chi connectivity index (χ4n) is 4.34. The molecule has 1 N–H and O–H groups in total. The first-order valence-corrected chi connectivity index (χ1v) is 12.0. The number of rotatable bonds is 7. The third kappa shape index (κ3) is 4.52. The molecule has 0 saturated heterocycles. The van der Waals surface area contributed by atoms with Gasteiger partial charge in [0.05, 0.1) is 42.2 Å². The summed E-state index contributed by atoms with van der Waals surface area (Å²) < 4.78 is 14.1. The Labute approximate surface area is 214 Å². The van der Waals surface area contributed by atoms with E-state index in [1.165, 1.54) is 0 Å². The average molecular weight is 534 g/mol.